The van der Waals surface area contributed by atoms with Gasteiger partial charge in [0, 0.05) is 19.6 Å². The fraction of sp³-hybridized carbons (Fsp3) is 0.857. The van der Waals surface area contributed by atoms with Gasteiger partial charge in [-0.1, -0.05) is 18.0 Å². The monoisotopic (exact) mass is 280 g/mol. The zero-order valence-electron chi connectivity index (χ0n) is 12.3. The van der Waals surface area contributed by atoms with E-state index in [0.717, 1.165) is 51.1 Å². The van der Waals surface area contributed by atoms with Crippen LogP contribution in [0.5, 0.6) is 0 Å². The Hall–Kier alpha value is -0.980. The van der Waals surface area contributed by atoms with E-state index in [0.29, 0.717) is 5.89 Å². The first-order chi connectivity index (χ1) is 9.65. The van der Waals surface area contributed by atoms with E-state index in [4.69, 9.17) is 4.52 Å². The Kier molecular flexibility index (Phi) is 4.05. The third kappa shape index (κ3) is 2.73. The molecule has 2 aliphatic rings. The molecule has 2 heterocycles. The maximum absolute atomic E-state index is 10.1. The largest absolute Gasteiger partial charge is 0.392 e. The summed E-state index contributed by atoms with van der Waals surface area (Å²) in [6, 6.07) is 0.187. The Bertz CT molecular complexity index is 450. The molecule has 1 saturated heterocycles. The van der Waals surface area contributed by atoms with Gasteiger partial charge in [-0.3, -0.25) is 4.90 Å². The van der Waals surface area contributed by atoms with Crippen LogP contribution >= 0.6 is 0 Å². The molecule has 112 valence electrons. The third-order valence-electron chi connectivity index (χ3n) is 4.65. The fourth-order valence-electron chi connectivity index (χ4n) is 3.22. The summed E-state index contributed by atoms with van der Waals surface area (Å²) in [5, 5.41) is 14.3. The molecule has 1 aliphatic heterocycles. The van der Waals surface area contributed by atoms with E-state index < -0.39 is 0 Å². The predicted octanol–water partition coefficient (Wildman–Crippen LogP) is 1.01. The Morgan fingerprint density at radius 2 is 2.00 bits per heavy atom. The van der Waals surface area contributed by atoms with E-state index in [1.807, 2.05) is 0 Å². The number of aromatic nitrogens is 2. The standard InChI is InChI=1S/C14H24N4O2/c1-17-7-8-18(2)11(9-17)13-15-14(20-16-13)10-5-3-4-6-12(10)19/h10-12,19H,3-9H2,1-2H3. The van der Waals surface area contributed by atoms with Gasteiger partial charge >= 0.3 is 0 Å². The van der Waals surface area contributed by atoms with Crippen molar-refractivity contribution in [2.45, 2.75) is 43.7 Å². The summed E-state index contributed by atoms with van der Waals surface area (Å²) in [6.07, 6.45) is 3.68. The first-order valence-electron chi connectivity index (χ1n) is 7.55. The van der Waals surface area contributed by atoms with Crippen molar-refractivity contribution in [1.29, 1.82) is 0 Å². The van der Waals surface area contributed by atoms with Crippen LogP contribution in [-0.2, 0) is 0 Å². The number of piperazine rings is 1. The molecule has 3 atom stereocenters. The maximum Gasteiger partial charge on any atom is 0.232 e. The molecule has 1 aromatic rings. The second-order valence-corrected chi connectivity index (χ2v) is 6.21. The molecule has 0 aromatic carbocycles. The summed E-state index contributed by atoms with van der Waals surface area (Å²) >= 11 is 0. The molecule has 6 heteroatoms. The van der Waals surface area contributed by atoms with E-state index in [2.05, 4.69) is 34.0 Å². The summed E-state index contributed by atoms with van der Waals surface area (Å²) < 4.78 is 5.45. The van der Waals surface area contributed by atoms with Crippen molar-refractivity contribution in [2.24, 2.45) is 0 Å². The van der Waals surface area contributed by atoms with Crippen molar-refractivity contribution >= 4 is 0 Å². The zero-order valence-corrected chi connectivity index (χ0v) is 12.3. The number of hydrogen-bond acceptors (Lipinski definition) is 6. The van der Waals surface area contributed by atoms with Crippen molar-refractivity contribution < 1.29 is 9.63 Å². The molecule has 2 fully saturated rings. The molecule has 0 bridgehead atoms. The number of nitrogens with zero attached hydrogens (tertiary/aromatic N) is 4. The van der Waals surface area contributed by atoms with Gasteiger partial charge < -0.3 is 14.5 Å². The fourth-order valence-corrected chi connectivity index (χ4v) is 3.22. The summed E-state index contributed by atoms with van der Waals surface area (Å²) in [5.74, 6) is 1.40. The Morgan fingerprint density at radius 1 is 1.20 bits per heavy atom. The van der Waals surface area contributed by atoms with Gasteiger partial charge in [-0.25, -0.2) is 0 Å². The van der Waals surface area contributed by atoms with Gasteiger partial charge in [-0.05, 0) is 26.9 Å². The summed E-state index contributed by atoms with van der Waals surface area (Å²) in [4.78, 5) is 9.14. The Labute approximate surface area is 119 Å². The Balaban J connectivity index is 1.75. The molecule has 6 nitrogen and oxygen atoms in total. The highest BCUT2D eigenvalue weighted by Crippen LogP contribution is 2.33. The predicted molar refractivity (Wildman–Crippen MR) is 74.4 cm³/mol. The van der Waals surface area contributed by atoms with Crippen LogP contribution in [0.2, 0.25) is 0 Å². The van der Waals surface area contributed by atoms with Crippen LogP contribution in [0, 0.1) is 0 Å². The molecule has 1 N–H and O–H groups in total. The van der Waals surface area contributed by atoms with Crippen LogP contribution in [0.15, 0.2) is 4.52 Å². The molecule has 20 heavy (non-hydrogen) atoms. The van der Waals surface area contributed by atoms with Gasteiger partial charge in [-0.15, -0.1) is 0 Å². The zero-order chi connectivity index (χ0) is 14.1. The molecule has 1 aliphatic carbocycles. The molecular weight excluding hydrogens is 256 g/mol. The summed E-state index contributed by atoms with van der Waals surface area (Å²) in [5.41, 5.74) is 0. The van der Waals surface area contributed by atoms with Crippen LogP contribution in [0.4, 0.5) is 0 Å². The first kappa shape index (κ1) is 14.0. The van der Waals surface area contributed by atoms with Crippen molar-refractivity contribution in [3.8, 4) is 0 Å². The van der Waals surface area contributed by atoms with Gasteiger partial charge in [0.2, 0.25) is 5.89 Å². The van der Waals surface area contributed by atoms with Crippen molar-refractivity contribution in [3.05, 3.63) is 11.7 Å². The van der Waals surface area contributed by atoms with Crippen molar-refractivity contribution in [1.82, 2.24) is 19.9 Å². The van der Waals surface area contributed by atoms with Gasteiger partial charge in [0.05, 0.1) is 18.1 Å². The molecule has 0 radical (unpaired) electrons. The number of hydrogen-bond donors (Lipinski definition) is 1. The van der Waals surface area contributed by atoms with Crippen molar-refractivity contribution in [2.75, 3.05) is 33.7 Å². The van der Waals surface area contributed by atoms with E-state index in [-0.39, 0.29) is 18.1 Å². The third-order valence-corrected chi connectivity index (χ3v) is 4.65. The Morgan fingerprint density at radius 3 is 2.80 bits per heavy atom. The number of likely N-dealkylation sites (N-methyl/N-ethyl adjacent to an activating group) is 2. The smallest absolute Gasteiger partial charge is 0.232 e. The highest BCUT2D eigenvalue weighted by Gasteiger charge is 2.32. The highest BCUT2D eigenvalue weighted by molar-refractivity contribution is 5.03. The lowest BCUT2D eigenvalue weighted by Gasteiger charge is -2.35. The summed E-state index contributed by atoms with van der Waals surface area (Å²) in [7, 11) is 4.22. The van der Waals surface area contributed by atoms with Gasteiger partial charge in [0.25, 0.3) is 0 Å². The normalized spacial score (nSPS) is 33.5. The average molecular weight is 280 g/mol. The second-order valence-electron chi connectivity index (χ2n) is 6.21. The minimum Gasteiger partial charge on any atom is -0.392 e. The van der Waals surface area contributed by atoms with Crippen LogP contribution in [0.1, 0.15) is 49.4 Å². The molecule has 0 amide bonds. The van der Waals surface area contributed by atoms with Crippen LogP contribution in [0.25, 0.3) is 0 Å². The van der Waals surface area contributed by atoms with E-state index in [9.17, 15) is 5.11 Å². The van der Waals surface area contributed by atoms with Crippen LogP contribution in [-0.4, -0.2) is 64.9 Å². The van der Waals surface area contributed by atoms with Gasteiger partial charge in [0.15, 0.2) is 5.82 Å². The van der Waals surface area contributed by atoms with E-state index >= 15 is 0 Å². The highest BCUT2D eigenvalue weighted by atomic mass is 16.5. The lowest BCUT2D eigenvalue weighted by atomic mass is 9.86. The molecular formula is C14H24N4O2. The molecule has 3 unspecified atom stereocenters. The quantitative estimate of drug-likeness (QED) is 0.872. The topological polar surface area (TPSA) is 65.6 Å². The number of aliphatic hydroxyl groups is 1. The molecule has 1 saturated carbocycles. The lowest BCUT2D eigenvalue weighted by Crippen LogP contribution is -2.45. The SMILES string of the molecule is CN1CCN(C)C(c2noc(C3CCCCC3O)n2)C1. The van der Waals surface area contributed by atoms with Crippen LogP contribution < -0.4 is 0 Å². The molecule has 1 aromatic heterocycles. The van der Waals surface area contributed by atoms with Crippen LogP contribution in [0.3, 0.4) is 0 Å². The lowest BCUT2D eigenvalue weighted by molar-refractivity contribution is 0.0906. The van der Waals surface area contributed by atoms with E-state index in [1.54, 1.807) is 0 Å². The molecule has 3 rings (SSSR count). The second kappa shape index (κ2) is 5.79. The van der Waals surface area contributed by atoms with Crippen molar-refractivity contribution in [3.63, 3.8) is 0 Å². The average Bonchev–Trinajstić information content (AvgIpc) is 2.91. The van der Waals surface area contributed by atoms with Gasteiger partial charge in [-0.2, -0.15) is 4.98 Å². The first-order valence-corrected chi connectivity index (χ1v) is 7.55. The number of rotatable bonds is 2. The van der Waals surface area contributed by atoms with E-state index in [1.165, 1.54) is 0 Å². The summed E-state index contributed by atoms with van der Waals surface area (Å²) in [6.45, 7) is 3.00. The molecule has 0 spiro atoms. The maximum atomic E-state index is 10.1. The van der Waals surface area contributed by atoms with Gasteiger partial charge in [0.1, 0.15) is 0 Å². The number of aliphatic hydroxyl groups excluding tert-OH is 1. The minimum absolute atomic E-state index is 0.0247. The minimum atomic E-state index is -0.330.